The first-order chi connectivity index (χ1) is 8.89. The Morgan fingerprint density at radius 2 is 2.21 bits per heavy atom. The Morgan fingerprint density at radius 1 is 1.53 bits per heavy atom. The topological polar surface area (TPSA) is 78.2 Å². The molecule has 0 saturated carbocycles. The molecule has 0 fully saturated rings. The van der Waals surface area contributed by atoms with Crippen LogP contribution >= 0.6 is 0 Å². The Morgan fingerprint density at radius 3 is 2.79 bits per heavy atom. The van der Waals surface area contributed by atoms with Crippen LogP contribution in [0.15, 0.2) is 6.07 Å². The van der Waals surface area contributed by atoms with Gasteiger partial charge in [-0.2, -0.15) is 5.26 Å². The van der Waals surface area contributed by atoms with Gasteiger partial charge in [0.15, 0.2) is 0 Å². The molecule has 2 N–H and O–H groups in total. The van der Waals surface area contributed by atoms with Crippen LogP contribution in [0.5, 0.6) is 0 Å². The predicted molar refractivity (Wildman–Crippen MR) is 74.0 cm³/mol. The van der Waals surface area contributed by atoms with Gasteiger partial charge < -0.3 is 15.2 Å². The highest BCUT2D eigenvalue weighted by Crippen LogP contribution is 2.19. The molecule has 0 amide bonds. The lowest BCUT2D eigenvalue weighted by Crippen LogP contribution is -2.35. The predicted octanol–water partition coefficient (Wildman–Crippen LogP) is 1.77. The molecule has 1 unspecified atom stereocenters. The van der Waals surface area contributed by atoms with Crippen molar-refractivity contribution in [3.05, 3.63) is 22.9 Å². The van der Waals surface area contributed by atoms with E-state index in [1.807, 2.05) is 19.9 Å². The van der Waals surface area contributed by atoms with Gasteiger partial charge >= 0.3 is 0 Å². The second kappa shape index (κ2) is 6.50. The molecule has 0 aromatic carbocycles. The molecule has 104 valence electrons. The van der Waals surface area contributed by atoms with Crippen LogP contribution in [0.2, 0.25) is 0 Å². The summed E-state index contributed by atoms with van der Waals surface area (Å²) in [5, 5.41) is 22.4. The van der Waals surface area contributed by atoms with E-state index in [0.717, 1.165) is 11.3 Å². The van der Waals surface area contributed by atoms with Crippen molar-refractivity contribution >= 4 is 5.82 Å². The van der Waals surface area contributed by atoms with E-state index in [2.05, 4.69) is 16.4 Å². The molecular weight excluding hydrogens is 242 g/mol. The molecule has 1 aromatic heterocycles. The van der Waals surface area contributed by atoms with Crippen LogP contribution < -0.4 is 5.32 Å². The van der Waals surface area contributed by atoms with E-state index >= 15 is 0 Å². The molecule has 1 heterocycles. The number of hydrogen-bond donors (Lipinski definition) is 2. The van der Waals surface area contributed by atoms with Crippen LogP contribution in [0.4, 0.5) is 5.82 Å². The molecular formula is C14H21N3O2. The van der Waals surface area contributed by atoms with Crippen molar-refractivity contribution in [2.45, 2.75) is 32.8 Å². The monoisotopic (exact) mass is 263 g/mol. The van der Waals surface area contributed by atoms with E-state index in [9.17, 15) is 5.11 Å². The third kappa shape index (κ3) is 4.51. The molecule has 5 heteroatoms. The van der Waals surface area contributed by atoms with E-state index in [4.69, 9.17) is 10.00 Å². The third-order valence-electron chi connectivity index (χ3n) is 2.94. The zero-order valence-corrected chi connectivity index (χ0v) is 11.9. The van der Waals surface area contributed by atoms with Gasteiger partial charge in [0.05, 0.1) is 11.2 Å². The second-order valence-corrected chi connectivity index (χ2v) is 5.01. The molecule has 0 spiro atoms. The largest absolute Gasteiger partial charge is 0.388 e. The highest BCUT2D eigenvalue weighted by Gasteiger charge is 2.21. The summed E-state index contributed by atoms with van der Waals surface area (Å²) in [7, 11) is 1.60. The fourth-order valence-corrected chi connectivity index (χ4v) is 1.79. The lowest BCUT2D eigenvalue weighted by molar-refractivity contribution is 0.0357. The molecule has 0 aliphatic heterocycles. The van der Waals surface area contributed by atoms with Gasteiger partial charge in [0.1, 0.15) is 11.9 Å². The Kier molecular flexibility index (Phi) is 5.28. The van der Waals surface area contributed by atoms with Crippen molar-refractivity contribution in [3.8, 4) is 6.07 Å². The highest BCUT2D eigenvalue weighted by molar-refractivity contribution is 5.56. The summed E-state index contributed by atoms with van der Waals surface area (Å²) >= 11 is 0. The number of nitrogens with one attached hydrogen (secondary N) is 1. The number of aromatic nitrogens is 1. The highest BCUT2D eigenvalue weighted by atomic mass is 16.5. The van der Waals surface area contributed by atoms with Gasteiger partial charge in [-0.05, 0) is 32.4 Å². The first-order valence-electron chi connectivity index (χ1n) is 6.23. The van der Waals surface area contributed by atoms with Crippen molar-refractivity contribution < 1.29 is 9.84 Å². The van der Waals surface area contributed by atoms with E-state index in [0.29, 0.717) is 31.0 Å². The van der Waals surface area contributed by atoms with Crippen molar-refractivity contribution in [2.24, 2.45) is 0 Å². The standard InChI is InChI=1S/C14H21N3O2/c1-10-7-11(2)17-13(12(10)8-15)16-9-14(3,18)5-6-19-4/h7,18H,5-6,9H2,1-4H3,(H,16,17). The fourth-order valence-electron chi connectivity index (χ4n) is 1.79. The third-order valence-corrected chi connectivity index (χ3v) is 2.94. The number of anilines is 1. The average molecular weight is 263 g/mol. The van der Waals surface area contributed by atoms with Crippen LogP contribution in [0, 0.1) is 25.2 Å². The zero-order chi connectivity index (χ0) is 14.5. The SMILES string of the molecule is COCCC(C)(O)CNc1nc(C)cc(C)c1C#N. The summed E-state index contributed by atoms with van der Waals surface area (Å²) in [5.41, 5.74) is 1.35. The Balaban J connectivity index is 2.80. The lowest BCUT2D eigenvalue weighted by atomic mass is 10.0. The first kappa shape index (κ1) is 15.4. The Bertz CT molecular complexity index is 478. The number of rotatable bonds is 6. The number of aliphatic hydroxyl groups is 1. The van der Waals surface area contributed by atoms with E-state index in [-0.39, 0.29) is 0 Å². The minimum Gasteiger partial charge on any atom is -0.388 e. The molecule has 1 aromatic rings. The minimum atomic E-state index is -0.901. The molecule has 1 atom stereocenters. The normalized spacial score (nSPS) is 13.7. The van der Waals surface area contributed by atoms with E-state index in [1.165, 1.54) is 0 Å². The summed E-state index contributed by atoms with van der Waals surface area (Å²) in [6.45, 7) is 6.29. The number of nitriles is 1. The van der Waals surface area contributed by atoms with Crippen molar-refractivity contribution in [3.63, 3.8) is 0 Å². The van der Waals surface area contributed by atoms with Crippen LogP contribution in [-0.2, 0) is 4.74 Å². The van der Waals surface area contributed by atoms with Crippen LogP contribution in [0.25, 0.3) is 0 Å². The maximum Gasteiger partial charge on any atom is 0.144 e. The first-order valence-corrected chi connectivity index (χ1v) is 6.23. The molecule has 5 nitrogen and oxygen atoms in total. The number of methoxy groups -OCH3 is 1. The molecule has 0 radical (unpaired) electrons. The smallest absolute Gasteiger partial charge is 0.144 e. The van der Waals surface area contributed by atoms with Crippen molar-refractivity contribution in [1.82, 2.24) is 4.98 Å². The Hall–Kier alpha value is -1.64. The number of hydrogen-bond acceptors (Lipinski definition) is 5. The maximum atomic E-state index is 10.2. The van der Waals surface area contributed by atoms with E-state index in [1.54, 1.807) is 14.0 Å². The maximum absolute atomic E-state index is 10.2. The van der Waals surface area contributed by atoms with Gasteiger partial charge in [0.2, 0.25) is 0 Å². The quantitative estimate of drug-likeness (QED) is 0.817. The number of aryl methyl sites for hydroxylation is 2. The zero-order valence-electron chi connectivity index (χ0n) is 11.9. The lowest BCUT2D eigenvalue weighted by Gasteiger charge is -2.24. The van der Waals surface area contributed by atoms with Gasteiger partial charge in [-0.25, -0.2) is 4.98 Å². The molecule has 0 aliphatic rings. The van der Waals surface area contributed by atoms with Crippen LogP contribution in [0.1, 0.15) is 30.2 Å². The molecule has 0 aliphatic carbocycles. The van der Waals surface area contributed by atoms with Gasteiger partial charge in [0, 0.05) is 32.4 Å². The molecule has 0 bridgehead atoms. The number of nitrogens with zero attached hydrogens (tertiary/aromatic N) is 2. The summed E-state index contributed by atoms with van der Waals surface area (Å²) in [4.78, 5) is 4.31. The fraction of sp³-hybridized carbons (Fsp3) is 0.571. The molecule has 0 saturated heterocycles. The van der Waals surface area contributed by atoms with E-state index < -0.39 is 5.60 Å². The van der Waals surface area contributed by atoms with Crippen LogP contribution in [0.3, 0.4) is 0 Å². The molecule has 19 heavy (non-hydrogen) atoms. The van der Waals surface area contributed by atoms with Gasteiger partial charge in [0.25, 0.3) is 0 Å². The summed E-state index contributed by atoms with van der Waals surface area (Å²) < 4.78 is 4.96. The van der Waals surface area contributed by atoms with Gasteiger partial charge in [-0.15, -0.1) is 0 Å². The number of ether oxygens (including phenoxy) is 1. The second-order valence-electron chi connectivity index (χ2n) is 5.01. The van der Waals surface area contributed by atoms with Crippen molar-refractivity contribution in [2.75, 3.05) is 25.6 Å². The summed E-state index contributed by atoms with van der Waals surface area (Å²) in [6, 6.07) is 4.01. The summed E-state index contributed by atoms with van der Waals surface area (Å²) in [5.74, 6) is 0.526. The molecule has 1 rings (SSSR count). The Labute approximate surface area is 114 Å². The average Bonchev–Trinajstić information content (AvgIpc) is 2.33. The number of pyridine rings is 1. The van der Waals surface area contributed by atoms with Gasteiger partial charge in [-0.1, -0.05) is 0 Å². The van der Waals surface area contributed by atoms with Crippen molar-refractivity contribution in [1.29, 1.82) is 5.26 Å². The van der Waals surface area contributed by atoms with Crippen LogP contribution in [-0.4, -0.2) is 36.0 Å². The van der Waals surface area contributed by atoms with Gasteiger partial charge in [-0.3, -0.25) is 0 Å². The minimum absolute atomic E-state index is 0.320. The summed E-state index contributed by atoms with van der Waals surface area (Å²) in [6.07, 6.45) is 0.517.